The number of carboxylic acid groups (broad SMARTS) is 1. The first-order chi connectivity index (χ1) is 12.4. The molecule has 2 fully saturated rings. The maximum atomic E-state index is 10.7. The minimum atomic E-state index is -1.07. The van der Waals surface area contributed by atoms with E-state index < -0.39 is 12.6 Å². The van der Waals surface area contributed by atoms with Gasteiger partial charge < -0.3 is 20.2 Å². The third kappa shape index (κ3) is 2.67. The highest BCUT2D eigenvalue weighted by molar-refractivity contribution is 6.03. The standard InChI is InChI=1S/C20H25NO5/c1-20-7-6-13-12-3-2-11(22)8-15(12)17(21-26-10-19(24)25)9-14(13)16(20)4-5-18(20)23/h2-3,8,13-14,16,18,22-23H,4-7,9-10H2,1H3,(H,24,25)/b21-17+/t13?,14?,16?,18-,20+/m1/s1. The van der Waals surface area contributed by atoms with E-state index >= 15 is 0 Å². The van der Waals surface area contributed by atoms with Crippen molar-refractivity contribution in [2.45, 2.75) is 51.0 Å². The second-order valence-corrected chi connectivity index (χ2v) is 8.20. The van der Waals surface area contributed by atoms with Crippen LogP contribution in [0, 0.1) is 17.3 Å². The lowest BCUT2D eigenvalue weighted by Crippen LogP contribution is -2.45. The molecule has 3 aliphatic carbocycles. The van der Waals surface area contributed by atoms with Crippen LogP contribution in [0.25, 0.3) is 0 Å². The lowest BCUT2D eigenvalue weighted by molar-refractivity contribution is -0.142. The molecule has 0 radical (unpaired) electrons. The second kappa shape index (κ2) is 6.27. The van der Waals surface area contributed by atoms with Crippen LogP contribution in [-0.4, -0.2) is 39.7 Å². The highest BCUT2D eigenvalue weighted by Crippen LogP contribution is 2.60. The Morgan fingerprint density at radius 3 is 2.92 bits per heavy atom. The summed E-state index contributed by atoms with van der Waals surface area (Å²) in [6.45, 7) is 1.72. The van der Waals surface area contributed by atoms with Crippen LogP contribution < -0.4 is 0 Å². The van der Waals surface area contributed by atoms with E-state index in [-0.39, 0.29) is 17.3 Å². The van der Waals surface area contributed by atoms with Crippen LogP contribution >= 0.6 is 0 Å². The molecule has 1 aromatic rings. The van der Waals surface area contributed by atoms with E-state index in [9.17, 15) is 15.0 Å². The topological polar surface area (TPSA) is 99.4 Å². The van der Waals surface area contributed by atoms with Crippen LogP contribution in [-0.2, 0) is 9.63 Å². The number of aliphatic carboxylic acids is 1. The van der Waals surface area contributed by atoms with Crippen LogP contribution in [0.15, 0.2) is 23.4 Å². The molecule has 4 rings (SSSR count). The number of hydrogen-bond acceptors (Lipinski definition) is 5. The number of aromatic hydroxyl groups is 1. The molecule has 3 unspecified atom stereocenters. The number of aliphatic hydroxyl groups is 1. The minimum Gasteiger partial charge on any atom is -0.508 e. The van der Waals surface area contributed by atoms with Crippen LogP contribution in [0.3, 0.4) is 0 Å². The fraction of sp³-hybridized carbons (Fsp3) is 0.600. The molecule has 26 heavy (non-hydrogen) atoms. The number of rotatable bonds is 3. The summed E-state index contributed by atoms with van der Waals surface area (Å²) in [4.78, 5) is 15.8. The van der Waals surface area contributed by atoms with Gasteiger partial charge in [0.25, 0.3) is 0 Å². The van der Waals surface area contributed by atoms with Gasteiger partial charge in [0.1, 0.15) is 5.75 Å². The van der Waals surface area contributed by atoms with Gasteiger partial charge in [0.2, 0.25) is 6.61 Å². The summed E-state index contributed by atoms with van der Waals surface area (Å²) in [6.07, 6.45) is 4.30. The third-order valence-corrected chi connectivity index (χ3v) is 6.93. The number of phenolic OH excluding ortho intramolecular Hbond substituents is 1. The predicted molar refractivity (Wildman–Crippen MR) is 95.2 cm³/mol. The molecule has 6 nitrogen and oxygen atoms in total. The summed E-state index contributed by atoms with van der Waals surface area (Å²) in [5.74, 6) is 0.263. The summed E-state index contributed by atoms with van der Waals surface area (Å²) in [7, 11) is 0. The number of phenols is 1. The van der Waals surface area contributed by atoms with Gasteiger partial charge in [-0.05, 0) is 73.0 Å². The van der Waals surface area contributed by atoms with E-state index in [0.717, 1.165) is 36.8 Å². The Bertz CT molecular complexity index is 761. The monoisotopic (exact) mass is 359 g/mol. The van der Waals surface area contributed by atoms with Crippen LogP contribution in [0.4, 0.5) is 0 Å². The van der Waals surface area contributed by atoms with Crippen molar-refractivity contribution in [3.05, 3.63) is 29.3 Å². The van der Waals surface area contributed by atoms with Crippen molar-refractivity contribution >= 4 is 11.7 Å². The predicted octanol–water partition coefficient (Wildman–Crippen LogP) is 2.87. The Labute approximate surface area is 152 Å². The Hall–Kier alpha value is -2.08. The minimum absolute atomic E-state index is 0.0530. The normalized spacial score (nSPS) is 36.9. The van der Waals surface area contributed by atoms with Crippen molar-refractivity contribution in [3.8, 4) is 5.75 Å². The molecule has 3 N–H and O–H groups in total. The molecule has 1 aromatic carbocycles. The zero-order chi connectivity index (χ0) is 18.5. The first-order valence-electron chi connectivity index (χ1n) is 9.32. The third-order valence-electron chi connectivity index (χ3n) is 6.93. The highest BCUT2D eigenvalue weighted by atomic mass is 16.6. The number of oxime groups is 1. The van der Waals surface area contributed by atoms with Crippen molar-refractivity contribution in [2.24, 2.45) is 22.4 Å². The Morgan fingerprint density at radius 2 is 2.15 bits per heavy atom. The zero-order valence-corrected chi connectivity index (χ0v) is 14.9. The van der Waals surface area contributed by atoms with E-state index in [1.165, 1.54) is 0 Å². The molecule has 0 amide bonds. The summed E-state index contributed by atoms with van der Waals surface area (Å²) in [5.41, 5.74) is 2.66. The van der Waals surface area contributed by atoms with Crippen molar-refractivity contribution in [1.29, 1.82) is 0 Å². The Morgan fingerprint density at radius 1 is 1.35 bits per heavy atom. The van der Waals surface area contributed by atoms with Gasteiger partial charge >= 0.3 is 5.97 Å². The van der Waals surface area contributed by atoms with Gasteiger partial charge in [-0.25, -0.2) is 4.79 Å². The number of carboxylic acids is 1. The van der Waals surface area contributed by atoms with Crippen LogP contribution in [0.2, 0.25) is 0 Å². The molecule has 5 atom stereocenters. The fourth-order valence-electron chi connectivity index (χ4n) is 5.63. The fourth-order valence-corrected chi connectivity index (χ4v) is 5.63. The van der Waals surface area contributed by atoms with E-state index in [1.54, 1.807) is 12.1 Å². The van der Waals surface area contributed by atoms with E-state index in [0.29, 0.717) is 29.9 Å². The molecule has 0 aromatic heterocycles. The van der Waals surface area contributed by atoms with Gasteiger partial charge in [-0.15, -0.1) is 0 Å². The van der Waals surface area contributed by atoms with E-state index in [4.69, 9.17) is 9.94 Å². The summed E-state index contributed by atoms with van der Waals surface area (Å²) >= 11 is 0. The largest absolute Gasteiger partial charge is 0.508 e. The first kappa shape index (κ1) is 17.3. The smallest absolute Gasteiger partial charge is 0.344 e. The van der Waals surface area contributed by atoms with Gasteiger partial charge in [-0.2, -0.15) is 0 Å². The first-order valence-corrected chi connectivity index (χ1v) is 9.32. The van der Waals surface area contributed by atoms with E-state index in [1.807, 2.05) is 6.07 Å². The summed E-state index contributed by atoms with van der Waals surface area (Å²) < 4.78 is 0. The average molecular weight is 359 g/mol. The lowest BCUT2D eigenvalue weighted by Gasteiger charge is -2.50. The highest BCUT2D eigenvalue weighted by Gasteiger charge is 2.55. The molecule has 3 aliphatic rings. The number of carbonyl (C=O) groups is 1. The molecule has 0 bridgehead atoms. The maximum absolute atomic E-state index is 10.7. The molecule has 2 saturated carbocycles. The summed E-state index contributed by atoms with van der Waals surface area (Å²) in [5, 5.41) is 33.3. The van der Waals surface area contributed by atoms with Gasteiger partial charge in [-0.3, -0.25) is 0 Å². The van der Waals surface area contributed by atoms with Crippen LogP contribution in [0.1, 0.15) is 56.1 Å². The number of hydrogen-bond donors (Lipinski definition) is 3. The van der Waals surface area contributed by atoms with Gasteiger partial charge in [0, 0.05) is 5.56 Å². The quantitative estimate of drug-likeness (QED) is 0.721. The molecule has 0 aliphatic heterocycles. The summed E-state index contributed by atoms with van der Waals surface area (Å²) in [6, 6.07) is 5.36. The van der Waals surface area contributed by atoms with Crippen molar-refractivity contribution < 1.29 is 25.0 Å². The zero-order valence-electron chi connectivity index (χ0n) is 14.9. The Kier molecular flexibility index (Phi) is 4.18. The average Bonchev–Trinajstić information content (AvgIpc) is 2.90. The molecule has 0 saturated heterocycles. The van der Waals surface area contributed by atoms with Crippen LogP contribution in [0.5, 0.6) is 5.75 Å². The number of fused-ring (bicyclic) bond motifs is 5. The molecular weight excluding hydrogens is 334 g/mol. The molecule has 0 spiro atoms. The van der Waals surface area contributed by atoms with Gasteiger partial charge in [0.15, 0.2) is 0 Å². The van der Waals surface area contributed by atoms with E-state index in [2.05, 4.69) is 12.1 Å². The maximum Gasteiger partial charge on any atom is 0.344 e. The number of benzene rings is 1. The van der Waals surface area contributed by atoms with Crippen molar-refractivity contribution in [1.82, 2.24) is 0 Å². The lowest BCUT2D eigenvalue weighted by atomic mass is 9.55. The molecule has 0 heterocycles. The molecule has 6 heteroatoms. The van der Waals surface area contributed by atoms with Crippen molar-refractivity contribution in [3.63, 3.8) is 0 Å². The van der Waals surface area contributed by atoms with Gasteiger partial charge in [-0.1, -0.05) is 18.1 Å². The Balaban J connectivity index is 1.72. The number of nitrogens with zero attached hydrogens (tertiary/aromatic N) is 1. The second-order valence-electron chi connectivity index (χ2n) is 8.20. The number of aliphatic hydroxyl groups excluding tert-OH is 1. The SMILES string of the molecule is C[C@]12CCC3c4ccc(O)cc4/C(=N/OCC(=O)O)CC3C1CC[C@H]2O. The van der Waals surface area contributed by atoms with Gasteiger partial charge in [0.05, 0.1) is 11.8 Å². The van der Waals surface area contributed by atoms with Crippen molar-refractivity contribution in [2.75, 3.05) is 6.61 Å². The molecule has 140 valence electrons. The molecular formula is C20H25NO5.